The number of nitrogens with zero attached hydrogens (tertiary/aromatic N) is 3. The lowest BCUT2D eigenvalue weighted by atomic mass is 10.2. The van der Waals surface area contributed by atoms with Crippen LogP contribution in [-0.2, 0) is 11.2 Å². The maximum absolute atomic E-state index is 13.0. The van der Waals surface area contributed by atoms with Crippen LogP contribution in [0.25, 0.3) is 11.5 Å². The first kappa shape index (κ1) is 20.8. The van der Waals surface area contributed by atoms with Crippen LogP contribution in [0.15, 0.2) is 39.9 Å². The number of halogens is 1. The molecule has 3 rings (SSSR count). The summed E-state index contributed by atoms with van der Waals surface area (Å²) in [6.45, 7) is 5.76. The van der Waals surface area contributed by atoms with E-state index in [1.165, 1.54) is 12.1 Å². The van der Waals surface area contributed by atoms with Crippen molar-refractivity contribution in [1.29, 1.82) is 0 Å². The fourth-order valence-corrected chi connectivity index (χ4v) is 3.19. The number of carbonyl (C=O) groups excluding carboxylic acids is 1. The zero-order valence-electron chi connectivity index (χ0n) is 16.8. The van der Waals surface area contributed by atoms with Gasteiger partial charge in [-0.2, -0.15) is 0 Å². The molecule has 2 heterocycles. The van der Waals surface area contributed by atoms with E-state index >= 15 is 0 Å². The zero-order valence-corrected chi connectivity index (χ0v) is 16.8. The molecule has 1 aliphatic heterocycles. The summed E-state index contributed by atoms with van der Waals surface area (Å²) in [5, 5.41) is 6.51. The Bertz CT molecular complexity index is 819. The van der Waals surface area contributed by atoms with Crippen LogP contribution in [0.4, 0.5) is 4.39 Å². The van der Waals surface area contributed by atoms with E-state index in [1.54, 1.807) is 18.4 Å². The van der Waals surface area contributed by atoms with Crippen molar-refractivity contribution in [3.63, 3.8) is 0 Å². The summed E-state index contributed by atoms with van der Waals surface area (Å²) in [6.07, 6.45) is 4.80. The highest BCUT2D eigenvalue weighted by Crippen LogP contribution is 2.19. The molecule has 8 heteroatoms. The Morgan fingerprint density at radius 2 is 2.14 bits per heavy atom. The summed E-state index contributed by atoms with van der Waals surface area (Å²) in [6, 6.07) is 6.07. The predicted molar refractivity (Wildman–Crippen MR) is 110 cm³/mol. The highest BCUT2D eigenvalue weighted by atomic mass is 19.1. The first-order valence-corrected chi connectivity index (χ1v) is 10.2. The van der Waals surface area contributed by atoms with Crippen LogP contribution in [0.5, 0.6) is 0 Å². The number of nitrogens with one attached hydrogen (secondary N) is 2. The summed E-state index contributed by atoms with van der Waals surface area (Å²) < 4.78 is 18.5. The van der Waals surface area contributed by atoms with Gasteiger partial charge in [-0.05, 0) is 44.0 Å². The third kappa shape index (κ3) is 6.30. The van der Waals surface area contributed by atoms with Crippen molar-refractivity contribution in [1.82, 2.24) is 20.5 Å². The SMILES string of the molecule is CCNC(=NCCCN1CCCC1=O)NCCc1coc(-c2ccc(F)cc2)n1. The Morgan fingerprint density at radius 3 is 2.86 bits per heavy atom. The quantitative estimate of drug-likeness (QED) is 0.383. The van der Waals surface area contributed by atoms with Gasteiger partial charge in [-0.3, -0.25) is 9.79 Å². The molecule has 156 valence electrons. The largest absolute Gasteiger partial charge is 0.444 e. The van der Waals surface area contributed by atoms with Crippen LogP contribution in [-0.4, -0.2) is 54.5 Å². The summed E-state index contributed by atoms with van der Waals surface area (Å²) in [5.41, 5.74) is 1.57. The van der Waals surface area contributed by atoms with Gasteiger partial charge in [-0.1, -0.05) is 0 Å². The van der Waals surface area contributed by atoms with Gasteiger partial charge in [0.15, 0.2) is 5.96 Å². The molecule has 1 aromatic heterocycles. The van der Waals surface area contributed by atoms with Crippen molar-refractivity contribution in [2.45, 2.75) is 32.6 Å². The Hall–Kier alpha value is -2.90. The second-order valence-electron chi connectivity index (χ2n) is 6.93. The van der Waals surface area contributed by atoms with E-state index < -0.39 is 0 Å². The first-order valence-electron chi connectivity index (χ1n) is 10.2. The smallest absolute Gasteiger partial charge is 0.226 e. The topological polar surface area (TPSA) is 82.8 Å². The van der Waals surface area contributed by atoms with Crippen LogP contribution >= 0.6 is 0 Å². The number of hydrogen-bond donors (Lipinski definition) is 2. The standard InChI is InChI=1S/C21H28FN5O2/c1-2-23-21(24-11-4-14-27-13-3-5-19(27)28)25-12-10-18-15-29-20(26-18)16-6-8-17(22)9-7-16/h6-9,15H,2-5,10-14H2,1H3,(H2,23,24,25). The highest BCUT2D eigenvalue weighted by molar-refractivity contribution is 5.79. The molecule has 2 N–H and O–H groups in total. The van der Waals surface area contributed by atoms with Crippen LogP contribution in [0, 0.1) is 5.82 Å². The van der Waals surface area contributed by atoms with E-state index in [2.05, 4.69) is 20.6 Å². The van der Waals surface area contributed by atoms with Crippen molar-refractivity contribution >= 4 is 11.9 Å². The number of benzene rings is 1. The number of likely N-dealkylation sites (tertiary alicyclic amines) is 1. The van der Waals surface area contributed by atoms with Gasteiger partial charge in [-0.15, -0.1) is 0 Å². The van der Waals surface area contributed by atoms with Crippen LogP contribution in [0.2, 0.25) is 0 Å². The van der Waals surface area contributed by atoms with Crippen LogP contribution in [0.3, 0.4) is 0 Å². The molecular weight excluding hydrogens is 373 g/mol. The molecule has 1 saturated heterocycles. The molecule has 0 radical (unpaired) electrons. The number of aliphatic imine (C=N–C) groups is 1. The summed E-state index contributed by atoms with van der Waals surface area (Å²) >= 11 is 0. The summed E-state index contributed by atoms with van der Waals surface area (Å²) in [4.78, 5) is 22.6. The Kier molecular flexibility index (Phi) is 7.61. The third-order valence-corrected chi connectivity index (χ3v) is 4.69. The second-order valence-corrected chi connectivity index (χ2v) is 6.93. The zero-order chi connectivity index (χ0) is 20.5. The lowest BCUT2D eigenvalue weighted by Crippen LogP contribution is -2.38. The van der Waals surface area contributed by atoms with Gasteiger partial charge < -0.3 is 20.0 Å². The maximum Gasteiger partial charge on any atom is 0.226 e. The van der Waals surface area contributed by atoms with E-state index in [-0.39, 0.29) is 11.7 Å². The molecule has 29 heavy (non-hydrogen) atoms. The minimum absolute atomic E-state index is 0.256. The number of guanidine groups is 1. The van der Waals surface area contributed by atoms with Crippen molar-refractivity contribution in [2.75, 3.05) is 32.7 Å². The van der Waals surface area contributed by atoms with E-state index in [4.69, 9.17) is 4.42 Å². The number of aromatic nitrogens is 1. The first-order chi connectivity index (χ1) is 14.2. The number of amides is 1. The molecule has 0 aliphatic carbocycles. The average Bonchev–Trinajstić information content (AvgIpc) is 3.35. The van der Waals surface area contributed by atoms with Gasteiger partial charge in [0.1, 0.15) is 12.1 Å². The minimum atomic E-state index is -0.285. The predicted octanol–water partition coefficient (Wildman–Crippen LogP) is 2.59. The lowest BCUT2D eigenvalue weighted by molar-refractivity contribution is -0.127. The second kappa shape index (κ2) is 10.6. The van der Waals surface area contributed by atoms with Gasteiger partial charge in [-0.25, -0.2) is 9.37 Å². The molecule has 0 saturated carbocycles. The number of carbonyl (C=O) groups is 1. The highest BCUT2D eigenvalue weighted by Gasteiger charge is 2.18. The van der Waals surface area contributed by atoms with E-state index in [1.807, 2.05) is 11.8 Å². The summed E-state index contributed by atoms with van der Waals surface area (Å²) in [5.74, 6) is 1.21. The molecule has 2 aromatic rings. The molecular formula is C21H28FN5O2. The van der Waals surface area contributed by atoms with Gasteiger partial charge >= 0.3 is 0 Å². The Morgan fingerprint density at radius 1 is 1.31 bits per heavy atom. The number of oxazole rings is 1. The summed E-state index contributed by atoms with van der Waals surface area (Å²) in [7, 11) is 0. The van der Waals surface area contributed by atoms with Crippen molar-refractivity contribution in [3.05, 3.63) is 42.0 Å². The molecule has 1 aliphatic rings. The Labute approximate surface area is 170 Å². The van der Waals surface area contributed by atoms with E-state index in [9.17, 15) is 9.18 Å². The van der Waals surface area contributed by atoms with Crippen LogP contribution < -0.4 is 10.6 Å². The minimum Gasteiger partial charge on any atom is -0.444 e. The van der Waals surface area contributed by atoms with Crippen molar-refractivity contribution in [3.8, 4) is 11.5 Å². The van der Waals surface area contributed by atoms with Gasteiger partial charge in [0.2, 0.25) is 11.8 Å². The monoisotopic (exact) mass is 401 g/mol. The molecule has 1 aromatic carbocycles. The molecule has 0 unspecified atom stereocenters. The molecule has 1 fully saturated rings. The molecule has 7 nitrogen and oxygen atoms in total. The molecule has 0 bridgehead atoms. The lowest BCUT2D eigenvalue weighted by Gasteiger charge is -2.15. The maximum atomic E-state index is 13.0. The van der Waals surface area contributed by atoms with Crippen molar-refractivity contribution in [2.24, 2.45) is 4.99 Å². The molecule has 0 atom stereocenters. The third-order valence-electron chi connectivity index (χ3n) is 4.69. The molecule has 1 amide bonds. The van der Waals surface area contributed by atoms with Gasteiger partial charge in [0.05, 0.1) is 5.69 Å². The number of rotatable bonds is 9. The van der Waals surface area contributed by atoms with Crippen molar-refractivity contribution < 1.29 is 13.6 Å². The number of hydrogen-bond acceptors (Lipinski definition) is 4. The fraction of sp³-hybridized carbons (Fsp3) is 0.476. The normalized spacial score (nSPS) is 14.5. The van der Waals surface area contributed by atoms with E-state index in [0.717, 1.165) is 49.7 Å². The Balaban J connectivity index is 1.43. The van der Waals surface area contributed by atoms with E-state index in [0.29, 0.717) is 31.8 Å². The van der Waals surface area contributed by atoms with Gasteiger partial charge in [0, 0.05) is 51.1 Å². The van der Waals surface area contributed by atoms with Crippen LogP contribution in [0.1, 0.15) is 31.9 Å². The fourth-order valence-electron chi connectivity index (χ4n) is 3.19. The van der Waals surface area contributed by atoms with Gasteiger partial charge in [0.25, 0.3) is 0 Å². The average molecular weight is 401 g/mol. The molecule has 0 spiro atoms.